The highest BCUT2D eigenvalue weighted by Gasteiger charge is 2.15. The van der Waals surface area contributed by atoms with Crippen LogP contribution in [0.15, 0.2) is 11.6 Å². The van der Waals surface area contributed by atoms with Crippen molar-refractivity contribution in [3.8, 4) is 0 Å². The predicted octanol–water partition coefficient (Wildman–Crippen LogP) is 3.53. The molecule has 10 heavy (non-hydrogen) atoms. The summed E-state index contributed by atoms with van der Waals surface area (Å²) >= 11 is 0. The van der Waals surface area contributed by atoms with Crippen LogP contribution >= 0.6 is 0 Å². The number of rotatable bonds is 1. The van der Waals surface area contributed by atoms with E-state index in [4.69, 9.17) is 0 Å². The fourth-order valence-corrected chi connectivity index (χ4v) is 1.96. The van der Waals surface area contributed by atoms with Crippen LogP contribution in [0.25, 0.3) is 0 Å². The molecule has 0 heterocycles. The van der Waals surface area contributed by atoms with Crippen LogP contribution in [0.3, 0.4) is 0 Å². The van der Waals surface area contributed by atoms with Gasteiger partial charge in [0.05, 0.1) is 0 Å². The van der Waals surface area contributed by atoms with Crippen molar-refractivity contribution >= 4 is 0 Å². The molecule has 1 fully saturated rings. The zero-order valence-electron chi connectivity index (χ0n) is 7.19. The molecule has 1 rings (SSSR count). The van der Waals surface area contributed by atoms with E-state index in [1.165, 1.54) is 32.1 Å². The highest BCUT2D eigenvalue weighted by molar-refractivity contribution is 5.07. The van der Waals surface area contributed by atoms with Crippen LogP contribution < -0.4 is 0 Å². The SMILES string of the molecule is C/C=C1/CCCCC1CC. The minimum Gasteiger partial charge on any atom is -0.0882 e. The minimum absolute atomic E-state index is 0.929. The van der Waals surface area contributed by atoms with Gasteiger partial charge in [-0.05, 0) is 38.5 Å². The van der Waals surface area contributed by atoms with E-state index in [1.807, 2.05) is 0 Å². The monoisotopic (exact) mass is 138 g/mol. The third-order valence-corrected chi connectivity index (χ3v) is 2.66. The van der Waals surface area contributed by atoms with E-state index >= 15 is 0 Å². The van der Waals surface area contributed by atoms with E-state index in [0.29, 0.717) is 0 Å². The summed E-state index contributed by atoms with van der Waals surface area (Å²) in [6.45, 7) is 4.49. The Balaban J connectivity index is 2.50. The summed E-state index contributed by atoms with van der Waals surface area (Å²) < 4.78 is 0. The second-order valence-electron chi connectivity index (χ2n) is 3.21. The van der Waals surface area contributed by atoms with Crippen molar-refractivity contribution in [3.63, 3.8) is 0 Å². The van der Waals surface area contributed by atoms with Crippen molar-refractivity contribution in [1.82, 2.24) is 0 Å². The standard InChI is InChI=1S/C10H18/c1-3-9-7-5-6-8-10(9)4-2/h3,10H,4-8H2,1-2H3/b9-3-. The second kappa shape index (κ2) is 3.80. The van der Waals surface area contributed by atoms with Crippen molar-refractivity contribution in [2.75, 3.05) is 0 Å². The van der Waals surface area contributed by atoms with Gasteiger partial charge in [-0.15, -0.1) is 0 Å². The molecule has 1 atom stereocenters. The molecule has 0 aromatic rings. The van der Waals surface area contributed by atoms with Gasteiger partial charge in [-0.2, -0.15) is 0 Å². The second-order valence-corrected chi connectivity index (χ2v) is 3.21. The molecule has 0 spiro atoms. The maximum absolute atomic E-state index is 2.33. The lowest BCUT2D eigenvalue weighted by molar-refractivity contribution is 0.442. The molecular weight excluding hydrogens is 120 g/mol. The smallest absolute Gasteiger partial charge is 0.0206 e. The predicted molar refractivity (Wildman–Crippen MR) is 46.0 cm³/mol. The Kier molecular flexibility index (Phi) is 2.98. The van der Waals surface area contributed by atoms with Crippen LogP contribution in [0, 0.1) is 5.92 Å². The van der Waals surface area contributed by atoms with E-state index in [1.54, 1.807) is 5.57 Å². The summed E-state index contributed by atoms with van der Waals surface area (Å²) in [7, 11) is 0. The maximum Gasteiger partial charge on any atom is -0.0206 e. The van der Waals surface area contributed by atoms with Gasteiger partial charge >= 0.3 is 0 Å². The van der Waals surface area contributed by atoms with E-state index in [9.17, 15) is 0 Å². The first kappa shape index (κ1) is 7.84. The van der Waals surface area contributed by atoms with Crippen LogP contribution in [-0.4, -0.2) is 0 Å². The molecule has 0 aliphatic heterocycles. The summed E-state index contributed by atoms with van der Waals surface area (Å²) in [5.74, 6) is 0.929. The first-order chi connectivity index (χ1) is 4.88. The van der Waals surface area contributed by atoms with Crippen LogP contribution in [0.4, 0.5) is 0 Å². The quantitative estimate of drug-likeness (QED) is 0.486. The zero-order valence-corrected chi connectivity index (χ0v) is 7.19. The minimum atomic E-state index is 0.929. The zero-order chi connectivity index (χ0) is 7.40. The fourth-order valence-electron chi connectivity index (χ4n) is 1.96. The molecule has 0 radical (unpaired) electrons. The first-order valence-electron chi connectivity index (χ1n) is 4.53. The Morgan fingerprint density at radius 2 is 2.30 bits per heavy atom. The van der Waals surface area contributed by atoms with Crippen molar-refractivity contribution in [1.29, 1.82) is 0 Å². The van der Waals surface area contributed by atoms with E-state index in [0.717, 1.165) is 5.92 Å². The lowest BCUT2D eigenvalue weighted by Crippen LogP contribution is -2.08. The molecule has 0 amide bonds. The lowest BCUT2D eigenvalue weighted by Gasteiger charge is -2.23. The average molecular weight is 138 g/mol. The molecule has 1 saturated carbocycles. The molecule has 0 N–H and O–H groups in total. The van der Waals surface area contributed by atoms with Gasteiger partial charge in [-0.25, -0.2) is 0 Å². The third kappa shape index (κ3) is 1.62. The van der Waals surface area contributed by atoms with Gasteiger partial charge in [0.25, 0.3) is 0 Å². The molecule has 0 bridgehead atoms. The lowest BCUT2D eigenvalue weighted by atomic mass is 9.83. The van der Waals surface area contributed by atoms with Gasteiger partial charge < -0.3 is 0 Å². The van der Waals surface area contributed by atoms with Gasteiger partial charge in [0, 0.05) is 0 Å². The van der Waals surface area contributed by atoms with Gasteiger partial charge in [0.15, 0.2) is 0 Å². The first-order valence-corrected chi connectivity index (χ1v) is 4.53. The van der Waals surface area contributed by atoms with Crippen LogP contribution in [0.2, 0.25) is 0 Å². The summed E-state index contributed by atoms with van der Waals surface area (Å²) in [6.07, 6.45) is 9.37. The number of allylic oxidation sites excluding steroid dienone is 2. The third-order valence-electron chi connectivity index (χ3n) is 2.66. The molecule has 0 heteroatoms. The molecule has 0 nitrogen and oxygen atoms in total. The summed E-state index contributed by atoms with van der Waals surface area (Å²) in [5.41, 5.74) is 1.72. The van der Waals surface area contributed by atoms with Crippen molar-refractivity contribution in [3.05, 3.63) is 11.6 Å². The topological polar surface area (TPSA) is 0 Å². The number of hydrogen-bond donors (Lipinski definition) is 0. The number of hydrogen-bond acceptors (Lipinski definition) is 0. The van der Waals surface area contributed by atoms with Gasteiger partial charge in [-0.1, -0.05) is 25.0 Å². The highest BCUT2D eigenvalue weighted by atomic mass is 14.2. The summed E-state index contributed by atoms with van der Waals surface area (Å²) in [4.78, 5) is 0. The molecule has 1 aliphatic carbocycles. The maximum atomic E-state index is 2.33. The molecule has 0 aromatic carbocycles. The highest BCUT2D eigenvalue weighted by Crippen LogP contribution is 2.30. The van der Waals surface area contributed by atoms with Crippen LogP contribution in [-0.2, 0) is 0 Å². The van der Waals surface area contributed by atoms with Crippen LogP contribution in [0.5, 0.6) is 0 Å². The normalized spacial score (nSPS) is 31.0. The van der Waals surface area contributed by atoms with Crippen molar-refractivity contribution < 1.29 is 0 Å². The van der Waals surface area contributed by atoms with E-state index in [-0.39, 0.29) is 0 Å². The van der Waals surface area contributed by atoms with Gasteiger partial charge in [0.1, 0.15) is 0 Å². The van der Waals surface area contributed by atoms with Crippen molar-refractivity contribution in [2.24, 2.45) is 5.92 Å². The van der Waals surface area contributed by atoms with Gasteiger partial charge in [-0.3, -0.25) is 0 Å². The van der Waals surface area contributed by atoms with Gasteiger partial charge in [0.2, 0.25) is 0 Å². The Morgan fingerprint density at radius 1 is 1.50 bits per heavy atom. The molecule has 58 valence electrons. The average Bonchev–Trinajstić information content (AvgIpc) is 2.04. The molecule has 1 unspecified atom stereocenters. The fraction of sp³-hybridized carbons (Fsp3) is 0.800. The Bertz CT molecular complexity index is 122. The Hall–Kier alpha value is -0.260. The molecule has 0 saturated heterocycles. The summed E-state index contributed by atoms with van der Waals surface area (Å²) in [6, 6.07) is 0. The molecule has 0 aromatic heterocycles. The molecule has 1 aliphatic rings. The largest absolute Gasteiger partial charge is 0.0882 e. The van der Waals surface area contributed by atoms with E-state index < -0.39 is 0 Å². The summed E-state index contributed by atoms with van der Waals surface area (Å²) in [5, 5.41) is 0. The Morgan fingerprint density at radius 3 is 2.80 bits per heavy atom. The van der Waals surface area contributed by atoms with Crippen molar-refractivity contribution in [2.45, 2.75) is 46.0 Å². The van der Waals surface area contributed by atoms with E-state index in [2.05, 4.69) is 19.9 Å². The molecular formula is C10H18. The van der Waals surface area contributed by atoms with Crippen LogP contribution in [0.1, 0.15) is 46.0 Å². The Labute approximate surface area is 64.3 Å².